The van der Waals surface area contributed by atoms with E-state index < -0.39 is 6.10 Å². The highest BCUT2D eigenvalue weighted by atomic mass is 16.6. The summed E-state index contributed by atoms with van der Waals surface area (Å²) in [7, 11) is 0. The first-order valence-electron chi connectivity index (χ1n) is 34.7. The summed E-state index contributed by atoms with van der Waals surface area (Å²) in [5.74, 6) is -0.973. The molecule has 0 saturated heterocycles. The zero-order valence-corrected chi connectivity index (χ0v) is 53.5. The van der Waals surface area contributed by atoms with Crippen molar-refractivity contribution >= 4 is 17.9 Å². The van der Waals surface area contributed by atoms with Gasteiger partial charge in [0.2, 0.25) is 0 Å². The third kappa shape index (κ3) is 67.0. The number of hydrogen-bond acceptors (Lipinski definition) is 6. The molecule has 0 rings (SSSR count). The Morgan fingerprint density at radius 1 is 0.259 bits per heavy atom. The molecular weight excluding hydrogens is 997 g/mol. The fourth-order valence-electron chi connectivity index (χ4n) is 9.91. The van der Waals surface area contributed by atoms with Crippen molar-refractivity contribution in [3.63, 3.8) is 0 Å². The molecule has 0 spiro atoms. The summed E-state index contributed by atoms with van der Waals surface area (Å²) < 4.78 is 16.9. The van der Waals surface area contributed by atoms with Gasteiger partial charge in [-0.1, -0.05) is 330 Å². The number of hydrogen-bond donors (Lipinski definition) is 0. The zero-order chi connectivity index (χ0) is 58.5. The predicted octanol–water partition coefficient (Wildman–Crippen LogP) is 24.0. The summed E-state index contributed by atoms with van der Waals surface area (Å²) in [6, 6.07) is 0. The van der Waals surface area contributed by atoms with Crippen molar-refractivity contribution < 1.29 is 28.6 Å². The second-order valence-corrected chi connectivity index (χ2v) is 23.1. The Hall–Kier alpha value is -3.67. The largest absolute Gasteiger partial charge is 0.462 e. The lowest BCUT2D eigenvalue weighted by atomic mass is 10.0. The lowest BCUT2D eigenvalue weighted by Crippen LogP contribution is -2.30. The summed E-state index contributed by atoms with van der Waals surface area (Å²) in [6.45, 7) is 6.50. The van der Waals surface area contributed by atoms with Crippen LogP contribution in [0.25, 0.3) is 0 Å². The Bertz CT molecular complexity index is 1580. The van der Waals surface area contributed by atoms with Gasteiger partial charge in [-0.3, -0.25) is 14.4 Å². The molecule has 0 aliphatic heterocycles. The van der Waals surface area contributed by atoms with Gasteiger partial charge >= 0.3 is 17.9 Å². The van der Waals surface area contributed by atoms with Gasteiger partial charge < -0.3 is 14.2 Å². The molecule has 0 amide bonds. The van der Waals surface area contributed by atoms with Crippen molar-refractivity contribution in [2.75, 3.05) is 13.2 Å². The minimum absolute atomic E-state index is 0.104. The van der Waals surface area contributed by atoms with Gasteiger partial charge in [-0.2, -0.15) is 0 Å². The van der Waals surface area contributed by atoms with E-state index in [0.29, 0.717) is 19.3 Å². The molecule has 0 aromatic carbocycles. The SMILES string of the molecule is CC/C=C\C/C=C\C/C=C\C/C=C\C/C=C\C/C=C\CCC(=O)OC(COC(=O)CCCCCCCCCCCCCCCCC)COC(=O)CCCCCCCCCCCCCCCCCCC/C=C\C/C=C\CCCCCCC. The number of allylic oxidation sites excluding steroid dienone is 16. The summed E-state index contributed by atoms with van der Waals surface area (Å²) in [5.41, 5.74) is 0. The van der Waals surface area contributed by atoms with Crippen molar-refractivity contribution in [1.29, 1.82) is 0 Å². The third-order valence-corrected chi connectivity index (χ3v) is 15.1. The quantitative estimate of drug-likeness (QED) is 0.0261. The monoisotopic (exact) mass is 1130 g/mol. The maximum atomic E-state index is 12.9. The van der Waals surface area contributed by atoms with Crippen LogP contribution in [-0.4, -0.2) is 37.2 Å². The Morgan fingerprint density at radius 2 is 0.506 bits per heavy atom. The Morgan fingerprint density at radius 3 is 0.802 bits per heavy atom. The Balaban J connectivity index is 4.33. The molecule has 81 heavy (non-hydrogen) atoms. The molecule has 6 heteroatoms. The van der Waals surface area contributed by atoms with Gasteiger partial charge in [-0.05, 0) is 89.9 Å². The molecule has 466 valence electrons. The normalized spacial score (nSPS) is 12.7. The fraction of sp³-hybridized carbons (Fsp3) is 0.747. The van der Waals surface area contributed by atoms with Crippen molar-refractivity contribution in [1.82, 2.24) is 0 Å². The molecule has 0 saturated carbocycles. The Kier molecular flexibility index (Phi) is 65.7. The molecule has 6 nitrogen and oxygen atoms in total. The molecule has 0 heterocycles. The zero-order valence-electron chi connectivity index (χ0n) is 53.5. The number of unbranched alkanes of at least 4 members (excludes halogenated alkanes) is 36. The van der Waals surface area contributed by atoms with E-state index in [2.05, 4.69) is 112 Å². The van der Waals surface area contributed by atoms with Crippen molar-refractivity contribution in [2.45, 2.75) is 348 Å². The van der Waals surface area contributed by atoms with Crippen LogP contribution < -0.4 is 0 Å². The van der Waals surface area contributed by atoms with Crippen LogP contribution in [0.4, 0.5) is 0 Å². The molecular formula is C75H130O6. The topological polar surface area (TPSA) is 78.9 Å². The number of ether oxygens (including phenoxy) is 3. The highest BCUT2D eigenvalue weighted by Crippen LogP contribution is 2.17. The predicted molar refractivity (Wildman–Crippen MR) is 353 cm³/mol. The van der Waals surface area contributed by atoms with Gasteiger partial charge in [-0.25, -0.2) is 0 Å². The fourth-order valence-corrected chi connectivity index (χ4v) is 9.91. The van der Waals surface area contributed by atoms with Gasteiger partial charge in [0.05, 0.1) is 0 Å². The first-order chi connectivity index (χ1) is 40.0. The van der Waals surface area contributed by atoms with Crippen LogP contribution in [0.5, 0.6) is 0 Å². The van der Waals surface area contributed by atoms with Gasteiger partial charge in [-0.15, -0.1) is 0 Å². The number of rotatable bonds is 63. The summed E-state index contributed by atoms with van der Waals surface area (Å²) in [6.07, 6.45) is 93.1. The lowest BCUT2D eigenvalue weighted by Gasteiger charge is -2.18. The van der Waals surface area contributed by atoms with Crippen LogP contribution in [0.15, 0.2) is 97.2 Å². The van der Waals surface area contributed by atoms with E-state index in [4.69, 9.17) is 14.2 Å². The van der Waals surface area contributed by atoms with Gasteiger partial charge in [0, 0.05) is 19.3 Å². The molecule has 0 radical (unpaired) electrons. The van der Waals surface area contributed by atoms with Crippen molar-refractivity contribution in [3.05, 3.63) is 97.2 Å². The Labute approximate surface area is 502 Å². The van der Waals surface area contributed by atoms with E-state index in [-0.39, 0.29) is 37.5 Å². The van der Waals surface area contributed by atoms with Gasteiger partial charge in [0.15, 0.2) is 6.10 Å². The molecule has 1 atom stereocenters. The van der Waals surface area contributed by atoms with E-state index in [1.54, 1.807) is 0 Å². The van der Waals surface area contributed by atoms with E-state index in [1.807, 2.05) is 6.08 Å². The molecule has 0 aliphatic rings. The highest BCUT2D eigenvalue weighted by Gasteiger charge is 2.19. The van der Waals surface area contributed by atoms with Crippen LogP contribution in [0.1, 0.15) is 342 Å². The highest BCUT2D eigenvalue weighted by molar-refractivity contribution is 5.71. The summed E-state index contributed by atoms with van der Waals surface area (Å²) in [4.78, 5) is 38.4. The minimum Gasteiger partial charge on any atom is -0.462 e. The average molecular weight is 1130 g/mol. The summed E-state index contributed by atoms with van der Waals surface area (Å²) in [5, 5.41) is 0. The van der Waals surface area contributed by atoms with Gasteiger partial charge in [0.25, 0.3) is 0 Å². The molecule has 1 unspecified atom stereocenters. The van der Waals surface area contributed by atoms with Crippen LogP contribution >= 0.6 is 0 Å². The van der Waals surface area contributed by atoms with Crippen molar-refractivity contribution in [3.8, 4) is 0 Å². The first kappa shape index (κ1) is 77.3. The van der Waals surface area contributed by atoms with E-state index in [0.717, 1.165) is 83.5 Å². The van der Waals surface area contributed by atoms with Gasteiger partial charge in [0.1, 0.15) is 13.2 Å². The van der Waals surface area contributed by atoms with Crippen LogP contribution in [-0.2, 0) is 28.6 Å². The smallest absolute Gasteiger partial charge is 0.306 e. The number of carbonyl (C=O) groups is 3. The lowest BCUT2D eigenvalue weighted by molar-refractivity contribution is -0.166. The number of carbonyl (C=O) groups excluding carboxylic acids is 3. The number of esters is 3. The molecule has 0 bridgehead atoms. The molecule has 0 N–H and O–H groups in total. The maximum absolute atomic E-state index is 12.9. The standard InChI is InChI=1S/C75H130O6/c1-4-7-10-13-16-19-22-25-28-30-32-33-34-35-36-37-38-39-40-41-43-44-47-50-53-56-59-62-65-68-74(77)80-71-72(70-79-73(76)67-64-61-58-55-52-49-46-27-24-21-18-15-12-9-6-3)81-75(78)69-66-63-60-57-54-51-48-45-42-31-29-26-23-20-17-14-11-8-5-2/h8,11,17,20,22,25-26,29-30,32,42,45,51,54,60,63,72H,4-7,9-10,12-16,18-19,21,23-24,27-28,31,33-41,43-44,46-50,52-53,55-59,61-62,64-71H2,1-3H3/b11-8-,20-17-,25-22-,29-26-,32-30-,45-42-,54-51-,63-60-. The second-order valence-electron chi connectivity index (χ2n) is 23.1. The maximum Gasteiger partial charge on any atom is 0.306 e. The molecule has 0 aromatic rings. The van der Waals surface area contributed by atoms with Crippen LogP contribution in [0, 0.1) is 0 Å². The van der Waals surface area contributed by atoms with E-state index >= 15 is 0 Å². The van der Waals surface area contributed by atoms with E-state index in [9.17, 15) is 14.4 Å². The van der Waals surface area contributed by atoms with Crippen molar-refractivity contribution in [2.24, 2.45) is 0 Å². The molecule has 0 aliphatic carbocycles. The second kappa shape index (κ2) is 68.8. The van der Waals surface area contributed by atoms with Crippen LogP contribution in [0.3, 0.4) is 0 Å². The first-order valence-corrected chi connectivity index (χ1v) is 34.7. The minimum atomic E-state index is -0.818. The third-order valence-electron chi connectivity index (χ3n) is 15.1. The average Bonchev–Trinajstić information content (AvgIpc) is 3.47. The van der Waals surface area contributed by atoms with E-state index in [1.165, 1.54) is 212 Å². The molecule has 0 aromatic heterocycles. The molecule has 0 fully saturated rings. The van der Waals surface area contributed by atoms with Crippen LogP contribution in [0.2, 0.25) is 0 Å². The summed E-state index contributed by atoms with van der Waals surface area (Å²) >= 11 is 0.